The summed E-state index contributed by atoms with van der Waals surface area (Å²) in [5.41, 5.74) is 1.09. The Bertz CT molecular complexity index is 683. The van der Waals surface area contributed by atoms with Crippen molar-refractivity contribution in [3.8, 4) is 5.75 Å². The molecule has 0 aliphatic carbocycles. The van der Waals surface area contributed by atoms with Gasteiger partial charge in [0.25, 0.3) is 5.91 Å². The molecule has 0 spiro atoms. The molecule has 25 heavy (non-hydrogen) atoms. The van der Waals surface area contributed by atoms with Gasteiger partial charge in [0.15, 0.2) is 5.69 Å². The lowest BCUT2D eigenvalue weighted by Crippen LogP contribution is -2.32. The molecule has 1 aliphatic heterocycles. The highest BCUT2D eigenvalue weighted by molar-refractivity contribution is 6.03. The van der Waals surface area contributed by atoms with Gasteiger partial charge in [-0.3, -0.25) is 9.48 Å². The van der Waals surface area contributed by atoms with Gasteiger partial charge in [-0.15, -0.1) is 12.4 Å². The summed E-state index contributed by atoms with van der Waals surface area (Å²) >= 11 is 0. The molecule has 2 N–H and O–H groups in total. The summed E-state index contributed by atoms with van der Waals surface area (Å²) in [5.74, 6) is 0.466. The average Bonchev–Trinajstić information content (AvgIpc) is 3.12. The van der Waals surface area contributed by atoms with Crippen LogP contribution < -0.4 is 15.4 Å². The highest BCUT2D eigenvalue weighted by Gasteiger charge is 2.18. The number of rotatable bonds is 6. The number of hydrogen-bond donors (Lipinski definition) is 2. The van der Waals surface area contributed by atoms with Gasteiger partial charge in [0.05, 0.1) is 18.3 Å². The molecule has 0 bridgehead atoms. The summed E-state index contributed by atoms with van der Waals surface area (Å²) in [7, 11) is 0. The van der Waals surface area contributed by atoms with Crippen molar-refractivity contribution in [3.05, 3.63) is 42.2 Å². The van der Waals surface area contributed by atoms with Gasteiger partial charge in [-0.2, -0.15) is 5.10 Å². The second-order valence-electron chi connectivity index (χ2n) is 5.98. The molecule has 1 unspecified atom stereocenters. The van der Waals surface area contributed by atoms with Gasteiger partial charge in [-0.05, 0) is 44.0 Å². The van der Waals surface area contributed by atoms with Crippen LogP contribution in [0, 0.1) is 0 Å². The molecule has 1 aromatic carbocycles. The lowest BCUT2D eigenvalue weighted by atomic mass is 10.1. The molecule has 2 aromatic rings. The van der Waals surface area contributed by atoms with Crippen LogP contribution in [-0.4, -0.2) is 35.4 Å². The molecular formula is C18H25ClN4O2. The van der Waals surface area contributed by atoms with Gasteiger partial charge >= 0.3 is 0 Å². The van der Waals surface area contributed by atoms with E-state index in [1.54, 1.807) is 6.07 Å². The predicted molar refractivity (Wildman–Crippen MR) is 101 cm³/mol. The smallest absolute Gasteiger partial charge is 0.276 e. The van der Waals surface area contributed by atoms with E-state index in [9.17, 15) is 4.79 Å². The van der Waals surface area contributed by atoms with E-state index >= 15 is 0 Å². The zero-order valence-corrected chi connectivity index (χ0v) is 15.2. The number of piperidine rings is 1. The fraction of sp³-hybridized carbons (Fsp3) is 0.444. The van der Waals surface area contributed by atoms with Crippen LogP contribution in [0.15, 0.2) is 36.5 Å². The number of para-hydroxylation sites is 2. The van der Waals surface area contributed by atoms with E-state index in [1.807, 2.05) is 42.1 Å². The van der Waals surface area contributed by atoms with Crippen LogP contribution in [-0.2, 0) is 0 Å². The highest BCUT2D eigenvalue weighted by atomic mass is 35.5. The van der Waals surface area contributed by atoms with E-state index in [0.29, 0.717) is 29.8 Å². The maximum atomic E-state index is 12.5. The molecule has 1 aromatic heterocycles. The minimum absolute atomic E-state index is 0. The Morgan fingerprint density at radius 1 is 1.40 bits per heavy atom. The first kappa shape index (κ1) is 19.3. The number of anilines is 1. The molecule has 1 atom stereocenters. The Labute approximate surface area is 154 Å². The zero-order valence-electron chi connectivity index (χ0n) is 14.4. The third kappa shape index (κ3) is 4.96. The van der Waals surface area contributed by atoms with E-state index in [0.717, 1.165) is 32.4 Å². The monoisotopic (exact) mass is 364 g/mol. The standard InChI is InChI=1S/C18H24N4O2.ClH/c1-2-12-24-17-8-4-3-7-15(17)20-18(23)16-9-11-22(21-16)14-6-5-10-19-13-14;/h3-4,7-9,11,14,19H,2,5-6,10,12-13H2,1H3,(H,20,23);1H. The Morgan fingerprint density at radius 2 is 2.24 bits per heavy atom. The van der Waals surface area contributed by atoms with Crippen LogP contribution >= 0.6 is 12.4 Å². The van der Waals surface area contributed by atoms with E-state index in [-0.39, 0.29) is 18.3 Å². The number of carbonyl (C=O) groups is 1. The summed E-state index contributed by atoms with van der Waals surface area (Å²) < 4.78 is 7.56. The molecule has 2 heterocycles. The number of aromatic nitrogens is 2. The summed E-state index contributed by atoms with van der Waals surface area (Å²) in [6.45, 7) is 4.63. The van der Waals surface area contributed by atoms with Crippen LogP contribution in [0.4, 0.5) is 5.69 Å². The van der Waals surface area contributed by atoms with Crippen LogP contribution in [0.2, 0.25) is 0 Å². The average molecular weight is 365 g/mol. The molecule has 6 nitrogen and oxygen atoms in total. The lowest BCUT2D eigenvalue weighted by molar-refractivity contribution is 0.102. The minimum Gasteiger partial charge on any atom is -0.491 e. The van der Waals surface area contributed by atoms with Crippen LogP contribution in [0.1, 0.15) is 42.7 Å². The summed E-state index contributed by atoms with van der Waals surface area (Å²) in [4.78, 5) is 12.5. The van der Waals surface area contributed by atoms with Gasteiger partial charge in [-0.25, -0.2) is 0 Å². The number of hydrogen-bond acceptors (Lipinski definition) is 4. The normalized spacial score (nSPS) is 16.8. The molecule has 0 radical (unpaired) electrons. The fourth-order valence-electron chi connectivity index (χ4n) is 2.82. The van der Waals surface area contributed by atoms with Crippen LogP contribution in [0.3, 0.4) is 0 Å². The largest absolute Gasteiger partial charge is 0.491 e. The Balaban J connectivity index is 0.00000225. The molecule has 1 aliphatic rings. The van der Waals surface area contributed by atoms with E-state index in [1.165, 1.54) is 0 Å². The maximum Gasteiger partial charge on any atom is 0.276 e. The number of benzene rings is 1. The number of nitrogens with one attached hydrogen (secondary N) is 2. The maximum absolute atomic E-state index is 12.5. The number of ether oxygens (including phenoxy) is 1. The van der Waals surface area contributed by atoms with Gasteiger partial charge in [0, 0.05) is 12.7 Å². The first-order chi connectivity index (χ1) is 11.8. The first-order valence-electron chi connectivity index (χ1n) is 8.57. The fourth-order valence-corrected chi connectivity index (χ4v) is 2.82. The van der Waals surface area contributed by atoms with Crippen molar-refractivity contribution in [1.82, 2.24) is 15.1 Å². The molecule has 1 saturated heterocycles. The van der Waals surface area contributed by atoms with Gasteiger partial charge < -0.3 is 15.4 Å². The molecular weight excluding hydrogens is 340 g/mol. The van der Waals surface area contributed by atoms with E-state index in [4.69, 9.17) is 4.74 Å². The van der Waals surface area contributed by atoms with Crippen molar-refractivity contribution in [2.75, 3.05) is 25.0 Å². The lowest BCUT2D eigenvalue weighted by Gasteiger charge is -2.22. The number of carbonyl (C=O) groups excluding carboxylic acids is 1. The number of nitrogens with zero attached hydrogens (tertiary/aromatic N) is 2. The topological polar surface area (TPSA) is 68.2 Å². The third-order valence-electron chi connectivity index (χ3n) is 4.08. The number of amides is 1. The second kappa shape index (κ2) is 9.44. The summed E-state index contributed by atoms with van der Waals surface area (Å²) in [6.07, 6.45) is 5.02. The quantitative estimate of drug-likeness (QED) is 0.825. The molecule has 136 valence electrons. The molecule has 7 heteroatoms. The molecule has 3 rings (SSSR count). The second-order valence-corrected chi connectivity index (χ2v) is 5.98. The Morgan fingerprint density at radius 3 is 3.00 bits per heavy atom. The zero-order chi connectivity index (χ0) is 16.8. The third-order valence-corrected chi connectivity index (χ3v) is 4.08. The van der Waals surface area contributed by atoms with Crippen molar-refractivity contribution >= 4 is 24.0 Å². The molecule has 1 amide bonds. The van der Waals surface area contributed by atoms with Crippen LogP contribution in [0.25, 0.3) is 0 Å². The Hall–Kier alpha value is -2.05. The van der Waals surface area contributed by atoms with E-state index in [2.05, 4.69) is 15.7 Å². The van der Waals surface area contributed by atoms with Gasteiger partial charge in [0.2, 0.25) is 0 Å². The SMILES string of the molecule is CCCOc1ccccc1NC(=O)c1ccn(C2CCCNC2)n1.Cl. The van der Waals surface area contributed by atoms with Crippen molar-refractivity contribution in [1.29, 1.82) is 0 Å². The number of halogens is 1. The van der Waals surface area contributed by atoms with Crippen LogP contribution in [0.5, 0.6) is 5.75 Å². The minimum atomic E-state index is -0.218. The van der Waals surface area contributed by atoms with Crippen molar-refractivity contribution in [3.63, 3.8) is 0 Å². The summed E-state index contributed by atoms with van der Waals surface area (Å²) in [5, 5.41) is 10.7. The van der Waals surface area contributed by atoms with Crippen molar-refractivity contribution in [2.45, 2.75) is 32.2 Å². The molecule has 0 saturated carbocycles. The van der Waals surface area contributed by atoms with E-state index < -0.39 is 0 Å². The van der Waals surface area contributed by atoms with Crippen molar-refractivity contribution < 1.29 is 9.53 Å². The molecule has 1 fully saturated rings. The highest BCUT2D eigenvalue weighted by Crippen LogP contribution is 2.24. The van der Waals surface area contributed by atoms with Gasteiger partial charge in [0.1, 0.15) is 5.75 Å². The Kier molecular flexibility index (Phi) is 7.28. The van der Waals surface area contributed by atoms with Gasteiger partial charge in [-0.1, -0.05) is 19.1 Å². The summed E-state index contributed by atoms with van der Waals surface area (Å²) in [6, 6.07) is 9.55. The van der Waals surface area contributed by atoms with Crippen molar-refractivity contribution in [2.24, 2.45) is 0 Å². The first-order valence-corrected chi connectivity index (χ1v) is 8.57. The predicted octanol–water partition coefficient (Wildman–Crippen LogP) is 3.27.